The Bertz CT molecular complexity index is 274. The van der Waals surface area contributed by atoms with E-state index in [9.17, 15) is 0 Å². The SMILES string of the molecule is CCC(C)C(C)(C#CC(C)(C)C)C(C)(C)C. The molecule has 2 atom stereocenters. The second-order valence-electron chi connectivity index (χ2n) is 7.26. The molecule has 0 aliphatic carbocycles. The van der Waals surface area contributed by atoms with E-state index in [4.69, 9.17) is 0 Å². The largest absolute Gasteiger partial charge is 0.0968 e. The van der Waals surface area contributed by atoms with Crippen molar-refractivity contribution in [3.8, 4) is 11.8 Å². The fourth-order valence-corrected chi connectivity index (χ4v) is 1.78. The van der Waals surface area contributed by atoms with Crippen LogP contribution in [0.1, 0.15) is 68.7 Å². The van der Waals surface area contributed by atoms with E-state index in [2.05, 4.69) is 74.2 Å². The van der Waals surface area contributed by atoms with Gasteiger partial charge >= 0.3 is 0 Å². The van der Waals surface area contributed by atoms with Gasteiger partial charge in [-0.25, -0.2) is 0 Å². The monoisotopic (exact) mass is 222 g/mol. The summed E-state index contributed by atoms with van der Waals surface area (Å²) in [6.07, 6.45) is 1.19. The van der Waals surface area contributed by atoms with Crippen LogP contribution in [0.4, 0.5) is 0 Å². The van der Waals surface area contributed by atoms with E-state index in [-0.39, 0.29) is 16.2 Å². The van der Waals surface area contributed by atoms with Crippen molar-refractivity contribution in [2.24, 2.45) is 22.2 Å². The van der Waals surface area contributed by atoms with Gasteiger partial charge in [0.25, 0.3) is 0 Å². The van der Waals surface area contributed by atoms with Crippen LogP contribution in [-0.2, 0) is 0 Å². The number of hydrogen-bond donors (Lipinski definition) is 0. The molecule has 0 bridgehead atoms. The third-order valence-electron chi connectivity index (χ3n) is 3.85. The molecule has 0 N–H and O–H groups in total. The van der Waals surface area contributed by atoms with Crippen LogP contribution < -0.4 is 0 Å². The van der Waals surface area contributed by atoms with E-state index >= 15 is 0 Å². The first-order chi connectivity index (χ1) is 6.94. The lowest BCUT2D eigenvalue weighted by Gasteiger charge is -2.42. The van der Waals surface area contributed by atoms with Crippen LogP contribution in [-0.4, -0.2) is 0 Å². The summed E-state index contributed by atoms with van der Waals surface area (Å²) in [5.41, 5.74) is 0.412. The maximum atomic E-state index is 3.58. The average molecular weight is 222 g/mol. The van der Waals surface area contributed by atoms with Gasteiger partial charge in [-0.15, -0.1) is 0 Å². The van der Waals surface area contributed by atoms with Gasteiger partial charge < -0.3 is 0 Å². The van der Waals surface area contributed by atoms with Crippen LogP contribution in [0.3, 0.4) is 0 Å². The van der Waals surface area contributed by atoms with E-state index in [1.807, 2.05) is 0 Å². The maximum Gasteiger partial charge on any atom is 0.0360 e. The van der Waals surface area contributed by atoms with Crippen LogP contribution in [0.15, 0.2) is 0 Å². The summed E-state index contributed by atoms with van der Waals surface area (Å²) in [6.45, 7) is 20.3. The highest BCUT2D eigenvalue weighted by molar-refractivity contribution is 5.19. The average Bonchev–Trinajstić information content (AvgIpc) is 2.09. The second kappa shape index (κ2) is 4.82. The van der Waals surface area contributed by atoms with Crippen LogP contribution in [0.2, 0.25) is 0 Å². The van der Waals surface area contributed by atoms with Crippen LogP contribution >= 0.6 is 0 Å². The molecule has 0 rings (SSSR count). The highest BCUT2D eigenvalue weighted by atomic mass is 14.4. The molecule has 0 saturated carbocycles. The first-order valence-corrected chi connectivity index (χ1v) is 6.48. The zero-order valence-corrected chi connectivity index (χ0v) is 12.8. The first-order valence-electron chi connectivity index (χ1n) is 6.48. The Labute approximate surface area is 103 Å². The van der Waals surface area contributed by atoms with Crippen LogP contribution in [0.25, 0.3) is 0 Å². The molecule has 0 radical (unpaired) electrons. The molecule has 0 aliphatic rings. The van der Waals surface area contributed by atoms with Gasteiger partial charge in [-0.3, -0.25) is 0 Å². The van der Waals surface area contributed by atoms with Crippen molar-refractivity contribution in [3.05, 3.63) is 0 Å². The van der Waals surface area contributed by atoms with Gasteiger partial charge in [0.2, 0.25) is 0 Å². The van der Waals surface area contributed by atoms with E-state index in [0.717, 1.165) is 0 Å². The molecule has 16 heavy (non-hydrogen) atoms. The lowest BCUT2D eigenvalue weighted by atomic mass is 9.61. The summed E-state index contributed by atoms with van der Waals surface area (Å²) in [5, 5.41) is 0. The van der Waals surface area contributed by atoms with Gasteiger partial charge in [-0.05, 0) is 39.0 Å². The summed E-state index contributed by atoms with van der Waals surface area (Å²) in [6, 6.07) is 0. The highest BCUT2D eigenvalue weighted by Crippen LogP contribution is 2.45. The van der Waals surface area contributed by atoms with Crippen LogP contribution in [0.5, 0.6) is 0 Å². The molecular formula is C16H30. The third-order valence-corrected chi connectivity index (χ3v) is 3.85. The summed E-state index contributed by atoms with van der Waals surface area (Å²) < 4.78 is 0. The Kier molecular flexibility index (Phi) is 4.69. The first kappa shape index (κ1) is 15.6. The summed E-state index contributed by atoms with van der Waals surface area (Å²) in [4.78, 5) is 0. The normalized spacial score (nSPS) is 18.3. The zero-order chi connectivity index (χ0) is 13.2. The fourth-order valence-electron chi connectivity index (χ4n) is 1.78. The van der Waals surface area contributed by atoms with Gasteiger partial charge in [-0.2, -0.15) is 0 Å². The van der Waals surface area contributed by atoms with Crippen molar-refractivity contribution >= 4 is 0 Å². The number of hydrogen-bond acceptors (Lipinski definition) is 0. The van der Waals surface area contributed by atoms with Crippen molar-refractivity contribution in [1.29, 1.82) is 0 Å². The molecular weight excluding hydrogens is 192 g/mol. The Morgan fingerprint density at radius 2 is 1.31 bits per heavy atom. The van der Waals surface area contributed by atoms with Gasteiger partial charge in [-0.1, -0.05) is 52.9 Å². The topological polar surface area (TPSA) is 0 Å². The summed E-state index contributed by atoms with van der Waals surface area (Å²) >= 11 is 0. The van der Waals surface area contributed by atoms with Crippen molar-refractivity contribution in [2.45, 2.75) is 68.7 Å². The Balaban J connectivity index is 5.34. The molecule has 0 amide bonds. The molecule has 0 aromatic heterocycles. The van der Waals surface area contributed by atoms with Crippen molar-refractivity contribution in [2.75, 3.05) is 0 Å². The lowest BCUT2D eigenvalue weighted by Crippen LogP contribution is -2.37. The van der Waals surface area contributed by atoms with E-state index in [1.54, 1.807) is 0 Å². The molecule has 0 spiro atoms. The Morgan fingerprint density at radius 3 is 1.56 bits per heavy atom. The number of rotatable bonds is 2. The molecule has 0 nitrogen and oxygen atoms in total. The second-order valence-corrected chi connectivity index (χ2v) is 7.26. The Hall–Kier alpha value is -0.440. The summed E-state index contributed by atoms with van der Waals surface area (Å²) in [5.74, 6) is 7.64. The van der Waals surface area contributed by atoms with Gasteiger partial charge in [0.1, 0.15) is 0 Å². The summed E-state index contributed by atoms with van der Waals surface area (Å²) in [7, 11) is 0. The molecule has 2 unspecified atom stereocenters. The zero-order valence-electron chi connectivity index (χ0n) is 12.8. The van der Waals surface area contributed by atoms with Gasteiger partial charge in [0, 0.05) is 10.8 Å². The van der Waals surface area contributed by atoms with E-state index < -0.39 is 0 Å². The molecule has 0 aliphatic heterocycles. The fraction of sp³-hybridized carbons (Fsp3) is 0.875. The smallest absolute Gasteiger partial charge is 0.0360 e. The molecule has 0 heterocycles. The van der Waals surface area contributed by atoms with Crippen molar-refractivity contribution < 1.29 is 0 Å². The van der Waals surface area contributed by atoms with Crippen LogP contribution in [0, 0.1) is 34.0 Å². The Morgan fingerprint density at radius 1 is 0.875 bits per heavy atom. The maximum absolute atomic E-state index is 3.58. The van der Waals surface area contributed by atoms with Crippen molar-refractivity contribution in [1.82, 2.24) is 0 Å². The molecule has 0 aromatic rings. The minimum absolute atomic E-state index is 0.0923. The van der Waals surface area contributed by atoms with E-state index in [1.165, 1.54) is 6.42 Å². The van der Waals surface area contributed by atoms with E-state index in [0.29, 0.717) is 5.92 Å². The minimum atomic E-state index is 0.0923. The van der Waals surface area contributed by atoms with Gasteiger partial charge in [0.15, 0.2) is 0 Å². The molecule has 0 aromatic carbocycles. The minimum Gasteiger partial charge on any atom is -0.0968 e. The predicted molar refractivity (Wildman–Crippen MR) is 74.2 cm³/mol. The van der Waals surface area contributed by atoms with Gasteiger partial charge in [0.05, 0.1) is 0 Å². The quantitative estimate of drug-likeness (QED) is 0.568. The predicted octanol–water partition coefficient (Wildman–Crippen LogP) is 5.13. The molecule has 0 fully saturated rings. The molecule has 0 heteroatoms. The van der Waals surface area contributed by atoms with Crippen molar-refractivity contribution in [3.63, 3.8) is 0 Å². The highest BCUT2D eigenvalue weighted by Gasteiger charge is 2.40. The standard InChI is InChI=1S/C16H30/c1-10-13(2)16(9,15(6,7)8)12-11-14(3,4)5/h13H,10H2,1-9H3. The molecule has 94 valence electrons. The third kappa shape index (κ3) is 3.85. The lowest BCUT2D eigenvalue weighted by molar-refractivity contribution is 0.106. The molecule has 0 saturated heterocycles.